The van der Waals surface area contributed by atoms with E-state index in [-0.39, 0.29) is 29.4 Å². The third-order valence-corrected chi connectivity index (χ3v) is 5.40. The number of aromatic nitrogens is 4. The summed E-state index contributed by atoms with van der Waals surface area (Å²) in [7, 11) is 2.81. The molecule has 0 saturated carbocycles. The Bertz CT molecular complexity index is 1420. The number of aromatic amines is 1. The summed E-state index contributed by atoms with van der Waals surface area (Å²) in [4.78, 5) is 15.4. The first-order valence-corrected chi connectivity index (χ1v) is 10.2. The van der Waals surface area contributed by atoms with Crippen molar-refractivity contribution >= 4 is 0 Å². The number of H-pyrrole nitrogens is 1. The van der Waals surface area contributed by atoms with Crippen molar-refractivity contribution in [2.75, 3.05) is 14.2 Å². The van der Waals surface area contributed by atoms with E-state index in [1.54, 1.807) is 36.4 Å². The predicted molar refractivity (Wildman–Crippen MR) is 118 cm³/mol. The molecule has 0 bridgehead atoms. The topological polar surface area (TPSA) is 117 Å². The molecule has 1 unspecified atom stereocenters. The van der Waals surface area contributed by atoms with Crippen molar-refractivity contribution in [2.24, 2.45) is 0 Å². The molecule has 0 fully saturated rings. The predicted octanol–water partition coefficient (Wildman–Crippen LogP) is 2.49. The molecule has 0 amide bonds. The second-order valence-electron chi connectivity index (χ2n) is 7.43. The summed E-state index contributed by atoms with van der Waals surface area (Å²) in [5.41, 5.74) is 0.872. The van der Waals surface area contributed by atoms with E-state index in [9.17, 15) is 10.0 Å². The van der Waals surface area contributed by atoms with Gasteiger partial charge >= 0.3 is 11.5 Å². The zero-order valence-electron chi connectivity index (χ0n) is 18.4. The number of nitrogens with one attached hydrogen (secondary N) is 1. The van der Waals surface area contributed by atoms with Gasteiger partial charge in [-0.15, -0.1) is 0 Å². The van der Waals surface area contributed by atoms with Crippen LogP contribution in [0.15, 0.2) is 65.6 Å². The van der Waals surface area contributed by atoms with Gasteiger partial charge in [-0.1, -0.05) is 23.3 Å². The molecule has 9 nitrogen and oxygen atoms in total. The van der Waals surface area contributed by atoms with Crippen molar-refractivity contribution in [3.8, 4) is 23.4 Å². The molecule has 0 saturated heterocycles. The lowest BCUT2D eigenvalue weighted by Gasteiger charge is -2.18. The quantitative estimate of drug-likeness (QED) is 0.322. The van der Waals surface area contributed by atoms with Crippen molar-refractivity contribution < 1.29 is 23.8 Å². The Morgan fingerprint density at radius 3 is 2.62 bits per heavy atom. The van der Waals surface area contributed by atoms with Crippen molar-refractivity contribution in [1.82, 2.24) is 14.8 Å². The van der Waals surface area contributed by atoms with Crippen molar-refractivity contribution in [3.05, 3.63) is 99.6 Å². The van der Waals surface area contributed by atoms with Gasteiger partial charge in [-0.05, 0) is 45.7 Å². The first-order valence-electron chi connectivity index (χ1n) is 10.2. The summed E-state index contributed by atoms with van der Waals surface area (Å²) >= 11 is 0. The SMILES string of the molecule is COc1cc(OC)c(F)c(C(Cc2ccc(C#N)cc2)c2nn(-c3cccc[n+]3O)c(=O)[nH]2)c1. The Morgan fingerprint density at radius 1 is 1.21 bits per heavy atom. The molecule has 34 heavy (non-hydrogen) atoms. The highest BCUT2D eigenvalue weighted by Crippen LogP contribution is 2.35. The lowest BCUT2D eigenvalue weighted by atomic mass is 9.90. The van der Waals surface area contributed by atoms with Gasteiger partial charge in [0.1, 0.15) is 11.9 Å². The second kappa shape index (κ2) is 9.46. The third kappa shape index (κ3) is 4.31. The van der Waals surface area contributed by atoms with Crippen molar-refractivity contribution in [2.45, 2.75) is 12.3 Å². The number of pyridine rings is 1. The summed E-state index contributed by atoms with van der Waals surface area (Å²) in [5, 5.41) is 23.5. The molecule has 1 atom stereocenters. The zero-order chi connectivity index (χ0) is 24.2. The van der Waals surface area contributed by atoms with Gasteiger partial charge < -0.3 is 14.7 Å². The molecular formula is C24H21FN5O4+. The van der Waals surface area contributed by atoms with Gasteiger partial charge in [-0.25, -0.2) is 9.18 Å². The molecule has 0 radical (unpaired) electrons. The first-order chi connectivity index (χ1) is 16.4. The Hall–Kier alpha value is -4.65. The third-order valence-electron chi connectivity index (χ3n) is 5.40. The van der Waals surface area contributed by atoms with E-state index >= 15 is 4.39 Å². The van der Waals surface area contributed by atoms with Crippen LogP contribution in [0.3, 0.4) is 0 Å². The lowest BCUT2D eigenvalue weighted by molar-refractivity contribution is -0.899. The maximum absolute atomic E-state index is 15.4. The number of nitrogens with zero attached hydrogens (tertiary/aromatic N) is 4. The summed E-state index contributed by atoms with van der Waals surface area (Å²) in [6, 6.07) is 16.6. The molecule has 0 aliphatic heterocycles. The minimum atomic E-state index is -0.748. The number of hydrogen-bond donors (Lipinski definition) is 2. The van der Waals surface area contributed by atoms with Gasteiger partial charge in [0.2, 0.25) is 0 Å². The molecule has 0 aliphatic rings. The highest BCUT2D eigenvalue weighted by atomic mass is 19.1. The van der Waals surface area contributed by atoms with Gasteiger partial charge in [0.25, 0.3) is 0 Å². The van der Waals surface area contributed by atoms with Crippen LogP contribution in [0.2, 0.25) is 0 Å². The minimum absolute atomic E-state index is 0.0165. The molecule has 0 aliphatic carbocycles. The Balaban J connectivity index is 1.87. The number of methoxy groups -OCH3 is 2. The Labute approximate surface area is 193 Å². The molecule has 4 aromatic rings. The molecule has 2 aromatic heterocycles. The van der Waals surface area contributed by atoms with Crippen LogP contribution < -0.4 is 19.9 Å². The number of benzene rings is 2. The van der Waals surface area contributed by atoms with Crippen LogP contribution in [-0.4, -0.2) is 34.2 Å². The Kier molecular flexibility index (Phi) is 6.27. The smallest absolute Gasteiger partial charge is 0.440 e. The standard InChI is InChI=1S/C24H20FN5O4/c1-33-17-12-18(22(25)20(13-17)34-2)19(11-15-6-8-16(14-26)9-7-15)23-27-24(31)30(28-23)21-5-3-4-10-29(21)32/h3-10,12-13,19H,11H2,1-2H3,(H-,27,28,31,32)/p+1. The van der Waals surface area contributed by atoms with Crippen molar-refractivity contribution in [3.63, 3.8) is 0 Å². The summed E-state index contributed by atoms with van der Waals surface area (Å²) in [6.45, 7) is 0. The van der Waals surface area contributed by atoms with E-state index in [1.807, 2.05) is 0 Å². The fourth-order valence-electron chi connectivity index (χ4n) is 3.66. The molecule has 10 heteroatoms. The lowest BCUT2D eigenvalue weighted by Crippen LogP contribution is -2.38. The first kappa shape index (κ1) is 22.5. The largest absolute Gasteiger partial charge is 0.497 e. The van der Waals surface area contributed by atoms with Gasteiger partial charge in [0, 0.05) is 17.7 Å². The summed E-state index contributed by atoms with van der Waals surface area (Å²) in [6.07, 6.45) is 1.61. The highest BCUT2D eigenvalue weighted by molar-refractivity contribution is 5.44. The fourth-order valence-corrected chi connectivity index (χ4v) is 3.66. The maximum Gasteiger partial charge on any atom is 0.440 e. The number of halogens is 1. The van der Waals surface area contributed by atoms with Gasteiger partial charge in [-0.2, -0.15) is 5.26 Å². The maximum atomic E-state index is 15.4. The van der Waals surface area contributed by atoms with Crippen LogP contribution in [0.5, 0.6) is 11.5 Å². The van der Waals surface area contributed by atoms with Gasteiger partial charge in [0.05, 0.1) is 31.8 Å². The van der Waals surface area contributed by atoms with E-state index in [2.05, 4.69) is 16.2 Å². The average Bonchev–Trinajstić information content (AvgIpc) is 3.24. The van der Waals surface area contributed by atoms with Crippen LogP contribution in [0, 0.1) is 17.1 Å². The van der Waals surface area contributed by atoms with E-state index in [4.69, 9.17) is 14.7 Å². The van der Waals surface area contributed by atoms with E-state index in [0.29, 0.717) is 11.3 Å². The molecule has 2 heterocycles. The van der Waals surface area contributed by atoms with Gasteiger partial charge in [-0.3, -0.25) is 4.98 Å². The minimum Gasteiger partial charge on any atom is -0.497 e. The summed E-state index contributed by atoms with van der Waals surface area (Å²) in [5.74, 6) is -0.729. The van der Waals surface area contributed by atoms with E-state index in [1.165, 1.54) is 38.6 Å². The second-order valence-corrected chi connectivity index (χ2v) is 7.43. The van der Waals surface area contributed by atoms with Crippen LogP contribution >= 0.6 is 0 Å². The fraction of sp³-hybridized carbons (Fsp3) is 0.167. The number of ether oxygens (including phenoxy) is 2. The monoisotopic (exact) mass is 462 g/mol. The van der Waals surface area contributed by atoms with Crippen molar-refractivity contribution in [1.29, 1.82) is 5.26 Å². The van der Waals surface area contributed by atoms with Crippen LogP contribution in [0.4, 0.5) is 4.39 Å². The van der Waals surface area contributed by atoms with E-state index in [0.717, 1.165) is 15.0 Å². The number of nitriles is 1. The highest BCUT2D eigenvalue weighted by Gasteiger charge is 2.29. The Morgan fingerprint density at radius 2 is 1.97 bits per heavy atom. The van der Waals surface area contributed by atoms with Crippen LogP contribution in [0.25, 0.3) is 5.82 Å². The van der Waals surface area contributed by atoms with Gasteiger partial charge in [0.15, 0.2) is 17.4 Å². The zero-order valence-corrected chi connectivity index (χ0v) is 18.4. The molecule has 2 aromatic carbocycles. The molecule has 2 N–H and O–H groups in total. The number of rotatable bonds is 7. The number of hydrogen-bond acceptors (Lipinski definition) is 6. The van der Waals surface area contributed by atoms with E-state index < -0.39 is 17.4 Å². The normalized spacial score (nSPS) is 11.6. The molecule has 4 rings (SSSR count). The molecule has 0 spiro atoms. The van der Waals surface area contributed by atoms with Crippen LogP contribution in [-0.2, 0) is 6.42 Å². The average molecular weight is 462 g/mol. The molecule has 172 valence electrons. The molecular weight excluding hydrogens is 441 g/mol. The summed E-state index contributed by atoms with van der Waals surface area (Å²) < 4.78 is 27.7. The van der Waals surface area contributed by atoms with Crippen LogP contribution in [0.1, 0.15) is 28.4 Å².